The van der Waals surface area contributed by atoms with Gasteiger partial charge < -0.3 is 18.6 Å². The van der Waals surface area contributed by atoms with Gasteiger partial charge in [0.15, 0.2) is 6.10 Å². The van der Waals surface area contributed by atoms with Crippen LogP contribution >= 0.6 is 0 Å². The first-order chi connectivity index (χ1) is 15.0. The molecule has 0 saturated carbocycles. The van der Waals surface area contributed by atoms with Gasteiger partial charge in [0.25, 0.3) is 5.76 Å². The molecule has 6 nitrogen and oxygen atoms in total. The number of carbonyl (C=O) groups is 1. The van der Waals surface area contributed by atoms with Crippen LogP contribution in [0, 0.1) is 6.92 Å². The van der Waals surface area contributed by atoms with Gasteiger partial charge in [-0.15, -0.1) is 0 Å². The number of rotatable bonds is 6. The molecule has 170 valence electrons. The molecule has 1 aromatic heterocycles. The van der Waals surface area contributed by atoms with Crippen LogP contribution < -0.4 is 14.9 Å². The van der Waals surface area contributed by atoms with E-state index in [4.69, 9.17) is 18.6 Å². The highest BCUT2D eigenvalue weighted by Gasteiger charge is 2.40. The Kier molecular flexibility index (Phi) is 6.47. The van der Waals surface area contributed by atoms with Gasteiger partial charge in [-0.2, -0.15) is 13.2 Å². The lowest BCUT2D eigenvalue weighted by Crippen LogP contribution is -2.28. The highest BCUT2D eigenvalue weighted by Crippen LogP contribution is 2.38. The molecule has 0 bridgehead atoms. The van der Waals surface area contributed by atoms with E-state index in [9.17, 15) is 22.8 Å². The lowest BCUT2D eigenvalue weighted by molar-refractivity contribution is -0.155. The molecule has 3 rings (SSSR count). The number of hydrogen-bond acceptors (Lipinski definition) is 6. The summed E-state index contributed by atoms with van der Waals surface area (Å²) in [6, 6.07) is 9.98. The van der Waals surface area contributed by atoms with E-state index in [-0.39, 0.29) is 28.6 Å². The number of hydrogen-bond donors (Lipinski definition) is 0. The molecular formula is C23H21F3O6. The molecule has 0 unspecified atom stereocenters. The first-order valence-corrected chi connectivity index (χ1v) is 9.75. The molecule has 0 radical (unpaired) electrons. The van der Waals surface area contributed by atoms with Gasteiger partial charge in [0.2, 0.25) is 11.2 Å². The molecular weight excluding hydrogens is 429 g/mol. The molecule has 3 aromatic rings. The van der Waals surface area contributed by atoms with Gasteiger partial charge in [-0.05, 0) is 57.5 Å². The first-order valence-electron chi connectivity index (χ1n) is 9.75. The molecule has 32 heavy (non-hydrogen) atoms. The Hall–Kier alpha value is -3.49. The zero-order valence-corrected chi connectivity index (χ0v) is 17.8. The highest BCUT2D eigenvalue weighted by molar-refractivity contribution is 5.80. The fourth-order valence-electron chi connectivity index (χ4n) is 2.89. The predicted molar refractivity (Wildman–Crippen MR) is 110 cm³/mol. The summed E-state index contributed by atoms with van der Waals surface area (Å²) in [6.45, 7) is 6.51. The number of fused-ring (bicyclic) bond motifs is 1. The molecule has 1 heterocycles. The van der Waals surface area contributed by atoms with Gasteiger partial charge >= 0.3 is 12.1 Å². The quantitative estimate of drug-likeness (QED) is 0.453. The third-order valence-corrected chi connectivity index (χ3v) is 4.29. The van der Waals surface area contributed by atoms with Crippen LogP contribution in [0.5, 0.6) is 17.2 Å². The lowest BCUT2D eigenvalue weighted by atomic mass is 10.2. The molecule has 0 fully saturated rings. The Labute approximate surface area is 181 Å². The van der Waals surface area contributed by atoms with E-state index in [2.05, 4.69) is 0 Å². The van der Waals surface area contributed by atoms with Crippen molar-refractivity contribution < 1.29 is 36.6 Å². The van der Waals surface area contributed by atoms with Crippen molar-refractivity contribution >= 4 is 16.9 Å². The number of halogens is 3. The van der Waals surface area contributed by atoms with Gasteiger partial charge in [-0.25, -0.2) is 4.79 Å². The molecule has 0 saturated heterocycles. The Bertz CT molecular complexity index is 1200. The molecule has 0 aliphatic carbocycles. The first kappa shape index (κ1) is 23.2. The van der Waals surface area contributed by atoms with Crippen LogP contribution in [0.2, 0.25) is 0 Å². The van der Waals surface area contributed by atoms with Crippen molar-refractivity contribution in [2.45, 2.75) is 46.1 Å². The average molecular weight is 450 g/mol. The molecule has 0 spiro atoms. The maximum absolute atomic E-state index is 13.7. The highest BCUT2D eigenvalue weighted by atomic mass is 19.4. The van der Waals surface area contributed by atoms with Gasteiger partial charge in [0.05, 0.1) is 11.5 Å². The van der Waals surface area contributed by atoms with Crippen LogP contribution in [-0.4, -0.2) is 18.2 Å². The largest absolute Gasteiger partial charge is 0.479 e. The smallest absolute Gasteiger partial charge is 0.453 e. The van der Waals surface area contributed by atoms with Gasteiger partial charge in [-0.1, -0.05) is 12.1 Å². The average Bonchev–Trinajstić information content (AvgIpc) is 2.68. The number of alkyl halides is 3. The second-order valence-electron chi connectivity index (χ2n) is 7.41. The van der Waals surface area contributed by atoms with E-state index >= 15 is 0 Å². The van der Waals surface area contributed by atoms with Crippen molar-refractivity contribution in [1.29, 1.82) is 0 Å². The van der Waals surface area contributed by atoms with E-state index in [1.807, 2.05) is 0 Å². The number of carbonyl (C=O) groups excluding carboxylic acids is 1. The summed E-state index contributed by atoms with van der Waals surface area (Å²) in [6.07, 6.45) is -6.37. The fourth-order valence-corrected chi connectivity index (χ4v) is 2.89. The SMILES string of the molecule is Cc1cccc(Oc2c(C(F)(F)F)oc3cc(O[C@H](C)C(=O)OC(C)C)ccc3c2=O)c1. The van der Waals surface area contributed by atoms with Crippen molar-refractivity contribution in [1.82, 2.24) is 0 Å². The van der Waals surface area contributed by atoms with Crippen LogP contribution in [-0.2, 0) is 15.7 Å². The number of ether oxygens (including phenoxy) is 3. The number of aryl methyl sites for hydroxylation is 1. The number of benzene rings is 2. The summed E-state index contributed by atoms with van der Waals surface area (Å²) in [5.74, 6) is -3.06. The van der Waals surface area contributed by atoms with Crippen LogP contribution in [0.3, 0.4) is 0 Å². The van der Waals surface area contributed by atoms with E-state index in [0.29, 0.717) is 0 Å². The van der Waals surface area contributed by atoms with Gasteiger partial charge in [0, 0.05) is 6.07 Å². The second-order valence-corrected chi connectivity index (χ2v) is 7.41. The summed E-state index contributed by atoms with van der Waals surface area (Å²) in [5.41, 5.74) is -0.604. The van der Waals surface area contributed by atoms with Crippen molar-refractivity contribution in [3.63, 3.8) is 0 Å². The lowest BCUT2D eigenvalue weighted by Gasteiger charge is -2.16. The minimum Gasteiger partial charge on any atom is -0.479 e. The fraction of sp³-hybridized carbons (Fsp3) is 0.304. The molecule has 9 heteroatoms. The Balaban J connectivity index is 2.03. The Morgan fingerprint density at radius 1 is 1.03 bits per heavy atom. The topological polar surface area (TPSA) is 75.0 Å². The third kappa shape index (κ3) is 5.22. The van der Waals surface area contributed by atoms with E-state index in [0.717, 1.165) is 11.6 Å². The summed E-state index contributed by atoms with van der Waals surface area (Å²) in [7, 11) is 0. The van der Waals surface area contributed by atoms with Crippen molar-refractivity contribution in [3.8, 4) is 17.2 Å². The standard InChI is InChI=1S/C23H21F3O6/c1-12(2)29-22(28)14(4)30-16-8-9-17-18(11-16)32-21(23(24,25)26)20(19(17)27)31-15-7-5-6-13(3)10-15/h5-12,14H,1-4H3/t14-/m1/s1. The Morgan fingerprint density at radius 2 is 1.75 bits per heavy atom. The molecule has 2 aromatic carbocycles. The normalized spacial score (nSPS) is 12.6. The van der Waals surface area contributed by atoms with Crippen LogP contribution in [0.25, 0.3) is 11.0 Å². The minimum absolute atomic E-state index is 0.0364. The maximum Gasteiger partial charge on any atom is 0.453 e. The van der Waals surface area contributed by atoms with E-state index < -0.39 is 35.2 Å². The van der Waals surface area contributed by atoms with Crippen LogP contribution in [0.15, 0.2) is 51.7 Å². The van der Waals surface area contributed by atoms with Crippen molar-refractivity contribution in [3.05, 3.63) is 64.0 Å². The summed E-state index contributed by atoms with van der Waals surface area (Å²) in [4.78, 5) is 24.8. The summed E-state index contributed by atoms with van der Waals surface area (Å²) in [5, 5.41) is -0.134. The molecule has 0 amide bonds. The maximum atomic E-state index is 13.7. The zero-order chi connectivity index (χ0) is 23.6. The Morgan fingerprint density at radius 3 is 2.38 bits per heavy atom. The van der Waals surface area contributed by atoms with Gasteiger partial charge in [0.1, 0.15) is 17.1 Å². The van der Waals surface area contributed by atoms with E-state index in [1.165, 1.54) is 31.2 Å². The summed E-state index contributed by atoms with van der Waals surface area (Å²) < 4.78 is 61.8. The van der Waals surface area contributed by atoms with Crippen LogP contribution in [0.4, 0.5) is 13.2 Å². The zero-order valence-electron chi connectivity index (χ0n) is 17.8. The van der Waals surface area contributed by atoms with Gasteiger partial charge in [-0.3, -0.25) is 4.79 Å². The minimum atomic E-state index is -4.99. The molecule has 0 aliphatic heterocycles. The van der Waals surface area contributed by atoms with Crippen molar-refractivity contribution in [2.24, 2.45) is 0 Å². The molecule has 0 N–H and O–H groups in total. The summed E-state index contributed by atoms with van der Waals surface area (Å²) >= 11 is 0. The molecule has 1 atom stereocenters. The predicted octanol–water partition coefficient (Wildman–Crippen LogP) is 5.63. The molecule has 0 aliphatic rings. The van der Waals surface area contributed by atoms with Crippen molar-refractivity contribution in [2.75, 3.05) is 0 Å². The third-order valence-electron chi connectivity index (χ3n) is 4.29. The van der Waals surface area contributed by atoms with Crippen LogP contribution in [0.1, 0.15) is 32.1 Å². The monoisotopic (exact) mass is 450 g/mol. The number of esters is 1. The van der Waals surface area contributed by atoms with E-state index in [1.54, 1.807) is 32.9 Å². The second kappa shape index (κ2) is 8.94.